The molecule has 1 heterocycles. The smallest absolute Gasteiger partial charge is 0.270 e. The van der Waals surface area contributed by atoms with Crippen LogP contribution >= 0.6 is 11.8 Å². The van der Waals surface area contributed by atoms with Gasteiger partial charge in [-0.2, -0.15) is 5.10 Å². The molecule has 0 unspecified atom stereocenters. The lowest BCUT2D eigenvalue weighted by Gasteiger charge is -2.10. The molecule has 0 saturated carbocycles. The lowest BCUT2D eigenvalue weighted by atomic mass is 10.2. The van der Waals surface area contributed by atoms with Gasteiger partial charge in [-0.1, -0.05) is 42.1 Å². The van der Waals surface area contributed by atoms with Gasteiger partial charge in [0.2, 0.25) is 0 Å². The van der Waals surface area contributed by atoms with Gasteiger partial charge in [0.25, 0.3) is 11.6 Å². The number of benzene rings is 3. The number of methoxy groups -OCH3 is 1. The van der Waals surface area contributed by atoms with E-state index in [9.17, 15) is 14.9 Å². The Bertz CT molecular complexity index is 1360. The monoisotopic (exact) mass is 488 g/mol. The molecule has 0 bridgehead atoms. The molecule has 1 amide bonds. The summed E-state index contributed by atoms with van der Waals surface area (Å²) < 4.78 is 7.12. The van der Waals surface area contributed by atoms with Crippen LogP contribution in [0.2, 0.25) is 0 Å². The minimum absolute atomic E-state index is 0.0415. The van der Waals surface area contributed by atoms with Crippen molar-refractivity contribution >= 4 is 29.6 Å². The van der Waals surface area contributed by atoms with Gasteiger partial charge in [-0.3, -0.25) is 19.5 Å². The summed E-state index contributed by atoms with van der Waals surface area (Å²) in [6.07, 6.45) is 1.35. The van der Waals surface area contributed by atoms with Crippen molar-refractivity contribution in [3.8, 4) is 22.8 Å². The van der Waals surface area contributed by atoms with Gasteiger partial charge < -0.3 is 4.74 Å². The number of carbonyl (C=O) groups excluding carboxylic acids is 1. The molecule has 35 heavy (non-hydrogen) atoms. The molecule has 4 aromatic rings. The average Bonchev–Trinajstić information content (AvgIpc) is 3.32. The minimum Gasteiger partial charge on any atom is -0.497 e. The first-order chi connectivity index (χ1) is 17.0. The molecule has 0 aliphatic rings. The molecular weight excluding hydrogens is 468 g/mol. The number of thioether (sulfide) groups is 1. The third-order valence-corrected chi connectivity index (χ3v) is 5.74. The van der Waals surface area contributed by atoms with Crippen molar-refractivity contribution in [2.24, 2.45) is 5.10 Å². The number of carbonyl (C=O) groups is 1. The van der Waals surface area contributed by atoms with E-state index in [1.807, 2.05) is 59.2 Å². The number of hydrogen-bond donors (Lipinski definition) is 1. The van der Waals surface area contributed by atoms with Crippen LogP contribution in [0.25, 0.3) is 17.1 Å². The van der Waals surface area contributed by atoms with E-state index in [1.54, 1.807) is 19.2 Å². The first-order valence-corrected chi connectivity index (χ1v) is 11.4. The lowest BCUT2D eigenvalue weighted by molar-refractivity contribution is -0.384. The zero-order chi connectivity index (χ0) is 24.6. The second kappa shape index (κ2) is 11.1. The highest BCUT2D eigenvalue weighted by Crippen LogP contribution is 2.28. The quantitative estimate of drug-likeness (QED) is 0.163. The van der Waals surface area contributed by atoms with Crippen molar-refractivity contribution in [2.45, 2.75) is 5.16 Å². The fourth-order valence-electron chi connectivity index (χ4n) is 3.16. The second-order valence-electron chi connectivity index (χ2n) is 7.14. The Kier molecular flexibility index (Phi) is 7.48. The van der Waals surface area contributed by atoms with E-state index in [4.69, 9.17) is 4.74 Å². The highest BCUT2D eigenvalue weighted by Gasteiger charge is 2.17. The number of amides is 1. The lowest BCUT2D eigenvalue weighted by Crippen LogP contribution is -2.20. The molecule has 0 atom stereocenters. The number of aromatic nitrogens is 3. The van der Waals surface area contributed by atoms with Gasteiger partial charge in [0.1, 0.15) is 5.75 Å². The number of hydrogen-bond acceptors (Lipinski definition) is 8. The molecule has 11 heteroatoms. The van der Waals surface area contributed by atoms with Crippen molar-refractivity contribution in [1.29, 1.82) is 0 Å². The summed E-state index contributed by atoms with van der Waals surface area (Å²) in [6, 6.07) is 23.1. The zero-order valence-electron chi connectivity index (χ0n) is 18.6. The molecule has 0 saturated heterocycles. The first-order valence-electron chi connectivity index (χ1n) is 10.4. The fraction of sp³-hybridized carbons (Fsp3) is 0.0833. The SMILES string of the molecule is COc1ccc(-c2nnc(SCC(=O)N/N=C/c3cccc([N+](=O)[O-])c3)n2-c2ccccc2)cc1. The van der Waals surface area contributed by atoms with E-state index in [0.29, 0.717) is 16.5 Å². The van der Waals surface area contributed by atoms with E-state index < -0.39 is 4.92 Å². The highest BCUT2D eigenvalue weighted by atomic mass is 32.2. The predicted molar refractivity (Wildman–Crippen MR) is 133 cm³/mol. The van der Waals surface area contributed by atoms with Crippen LogP contribution in [0.3, 0.4) is 0 Å². The molecule has 0 spiro atoms. The Morgan fingerprint density at radius 2 is 1.89 bits per heavy atom. The maximum Gasteiger partial charge on any atom is 0.270 e. The summed E-state index contributed by atoms with van der Waals surface area (Å²) in [6.45, 7) is 0. The van der Waals surface area contributed by atoms with Crippen LogP contribution in [0.1, 0.15) is 5.56 Å². The van der Waals surface area contributed by atoms with E-state index in [-0.39, 0.29) is 17.3 Å². The standard InChI is InChI=1S/C24H20N6O4S/c1-34-21-12-10-18(11-13-21)23-27-28-24(29(23)19-7-3-2-4-8-19)35-16-22(31)26-25-15-17-6-5-9-20(14-17)30(32)33/h2-15H,16H2,1H3,(H,26,31)/b25-15+. The van der Waals surface area contributed by atoms with Crippen LogP contribution in [-0.4, -0.2) is 44.7 Å². The number of ether oxygens (including phenoxy) is 1. The Balaban J connectivity index is 1.48. The van der Waals surface area contributed by atoms with Gasteiger partial charge in [-0.15, -0.1) is 10.2 Å². The number of nitro groups is 1. The van der Waals surface area contributed by atoms with Gasteiger partial charge in [0, 0.05) is 28.9 Å². The van der Waals surface area contributed by atoms with Crippen molar-refractivity contribution in [2.75, 3.05) is 12.9 Å². The molecule has 0 fully saturated rings. The van der Waals surface area contributed by atoms with E-state index in [0.717, 1.165) is 17.0 Å². The molecule has 0 aliphatic heterocycles. The van der Waals surface area contributed by atoms with Crippen LogP contribution in [0.5, 0.6) is 5.75 Å². The zero-order valence-corrected chi connectivity index (χ0v) is 19.4. The van der Waals surface area contributed by atoms with Gasteiger partial charge in [0.15, 0.2) is 11.0 Å². The second-order valence-corrected chi connectivity index (χ2v) is 8.08. The number of rotatable bonds is 9. The van der Waals surface area contributed by atoms with Crippen LogP contribution < -0.4 is 10.2 Å². The topological polar surface area (TPSA) is 125 Å². The first kappa shape index (κ1) is 23.6. The van der Waals surface area contributed by atoms with Crippen molar-refractivity contribution in [1.82, 2.24) is 20.2 Å². The average molecular weight is 489 g/mol. The minimum atomic E-state index is -0.490. The molecule has 0 radical (unpaired) electrons. The summed E-state index contributed by atoms with van der Waals surface area (Å²) >= 11 is 1.22. The highest BCUT2D eigenvalue weighted by molar-refractivity contribution is 7.99. The van der Waals surface area contributed by atoms with Crippen LogP contribution in [-0.2, 0) is 4.79 Å². The summed E-state index contributed by atoms with van der Waals surface area (Å²) in [5.74, 6) is 1.05. The fourth-order valence-corrected chi connectivity index (χ4v) is 3.90. The molecule has 3 aromatic carbocycles. The number of nitrogens with zero attached hydrogens (tertiary/aromatic N) is 5. The van der Waals surface area contributed by atoms with E-state index >= 15 is 0 Å². The predicted octanol–water partition coefficient (Wildman–Crippen LogP) is 4.09. The molecule has 10 nitrogen and oxygen atoms in total. The normalized spacial score (nSPS) is 10.9. The van der Waals surface area contributed by atoms with Crippen LogP contribution in [0.4, 0.5) is 5.69 Å². The largest absolute Gasteiger partial charge is 0.497 e. The number of nitro benzene ring substituents is 1. The molecule has 1 aromatic heterocycles. The Hall–Kier alpha value is -4.51. The van der Waals surface area contributed by atoms with Crippen molar-refractivity contribution in [3.05, 3.63) is 94.5 Å². The van der Waals surface area contributed by atoms with Crippen molar-refractivity contribution < 1.29 is 14.5 Å². The van der Waals surface area contributed by atoms with Crippen LogP contribution in [0.15, 0.2) is 89.1 Å². The van der Waals surface area contributed by atoms with E-state index in [2.05, 4.69) is 20.7 Å². The van der Waals surface area contributed by atoms with Gasteiger partial charge >= 0.3 is 0 Å². The number of hydrazone groups is 1. The summed E-state index contributed by atoms with van der Waals surface area (Å²) in [4.78, 5) is 22.7. The Morgan fingerprint density at radius 1 is 1.11 bits per heavy atom. The summed E-state index contributed by atoms with van der Waals surface area (Å²) in [5.41, 5.74) is 4.58. The van der Waals surface area contributed by atoms with Gasteiger partial charge in [-0.25, -0.2) is 5.43 Å². The Labute approximate surface area is 204 Å². The molecule has 4 rings (SSSR count). The van der Waals surface area contributed by atoms with Crippen molar-refractivity contribution in [3.63, 3.8) is 0 Å². The Morgan fingerprint density at radius 3 is 2.60 bits per heavy atom. The molecule has 0 aliphatic carbocycles. The maximum atomic E-state index is 12.4. The molecular formula is C24H20N6O4S. The van der Waals surface area contributed by atoms with Crippen LogP contribution in [0, 0.1) is 10.1 Å². The molecule has 176 valence electrons. The number of para-hydroxylation sites is 1. The molecule has 1 N–H and O–H groups in total. The number of nitrogens with one attached hydrogen (secondary N) is 1. The maximum absolute atomic E-state index is 12.4. The number of non-ortho nitro benzene ring substituents is 1. The van der Waals surface area contributed by atoms with Gasteiger partial charge in [-0.05, 0) is 36.4 Å². The van der Waals surface area contributed by atoms with E-state index in [1.165, 1.54) is 30.1 Å². The third kappa shape index (κ3) is 5.89. The summed E-state index contributed by atoms with van der Waals surface area (Å²) in [5, 5.41) is 24.0. The summed E-state index contributed by atoms with van der Waals surface area (Å²) in [7, 11) is 1.61. The third-order valence-electron chi connectivity index (χ3n) is 4.81. The van der Waals surface area contributed by atoms with Gasteiger partial charge in [0.05, 0.1) is 24.0 Å².